The number of carbonyl (C=O) groups is 1. The van der Waals surface area contributed by atoms with E-state index in [-0.39, 0.29) is 11.4 Å². The van der Waals surface area contributed by atoms with Crippen LogP contribution in [0.1, 0.15) is 31.9 Å². The van der Waals surface area contributed by atoms with Crippen molar-refractivity contribution in [2.24, 2.45) is 0 Å². The number of amides is 2. The van der Waals surface area contributed by atoms with Crippen LogP contribution in [0.2, 0.25) is 0 Å². The average molecular weight is 338 g/mol. The standard InChI is InChI=1S/C20H24N3O2/c1-20(2,3)15-9-7-14(8-10-15)13-21-11-12-25-17-6-4-5-16-18(17)23-19(24)22-16/h4-10,21H,11-13H2,1-3H3,(H,22,24). The molecule has 2 aromatic rings. The van der Waals surface area contributed by atoms with Gasteiger partial charge in [-0.1, -0.05) is 51.1 Å². The lowest BCUT2D eigenvalue weighted by Crippen LogP contribution is -2.21. The fraction of sp³-hybridized carbons (Fsp3) is 0.350. The van der Waals surface area contributed by atoms with Crippen LogP contribution >= 0.6 is 0 Å². The molecule has 2 N–H and O–H groups in total. The number of hydrogen-bond acceptors (Lipinski definition) is 3. The quantitative estimate of drug-likeness (QED) is 0.784. The number of urea groups is 1. The Kier molecular flexibility index (Phi) is 4.95. The molecule has 1 heterocycles. The molecule has 0 atom stereocenters. The SMILES string of the molecule is CC(C)(C)c1ccc(CNCCOc2cccc3c2[N]C(=O)N3)cc1. The largest absolute Gasteiger partial charge is 0.490 e. The summed E-state index contributed by atoms with van der Waals surface area (Å²) in [4.78, 5) is 11.3. The summed E-state index contributed by atoms with van der Waals surface area (Å²) in [5.41, 5.74) is 4.05. The van der Waals surface area contributed by atoms with Crippen LogP contribution in [0, 0.1) is 0 Å². The summed E-state index contributed by atoms with van der Waals surface area (Å²) >= 11 is 0. The van der Waals surface area contributed by atoms with Gasteiger partial charge in [0, 0.05) is 13.1 Å². The third-order valence-electron chi connectivity index (χ3n) is 4.14. The van der Waals surface area contributed by atoms with Crippen LogP contribution in [0.4, 0.5) is 16.2 Å². The van der Waals surface area contributed by atoms with Gasteiger partial charge in [-0.25, -0.2) is 4.79 Å². The minimum atomic E-state index is -0.345. The Labute approximate surface area is 148 Å². The molecule has 0 bridgehead atoms. The maximum Gasteiger partial charge on any atom is 0.346 e. The van der Waals surface area contributed by atoms with Gasteiger partial charge in [-0.15, -0.1) is 0 Å². The van der Waals surface area contributed by atoms with Crippen molar-refractivity contribution >= 4 is 17.4 Å². The Morgan fingerprint density at radius 1 is 1.12 bits per heavy atom. The van der Waals surface area contributed by atoms with Gasteiger partial charge in [0.15, 0.2) is 0 Å². The first-order valence-corrected chi connectivity index (χ1v) is 8.52. The molecule has 5 heteroatoms. The van der Waals surface area contributed by atoms with Crippen LogP contribution in [-0.2, 0) is 12.0 Å². The first kappa shape index (κ1) is 17.3. The van der Waals surface area contributed by atoms with E-state index < -0.39 is 0 Å². The van der Waals surface area contributed by atoms with E-state index in [1.807, 2.05) is 18.2 Å². The summed E-state index contributed by atoms with van der Waals surface area (Å²) in [7, 11) is 0. The Morgan fingerprint density at radius 3 is 2.60 bits per heavy atom. The minimum Gasteiger partial charge on any atom is -0.490 e. The van der Waals surface area contributed by atoms with Crippen LogP contribution in [0.5, 0.6) is 5.75 Å². The average Bonchev–Trinajstić information content (AvgIpc) is 2.95. The number of ether oxygens (including phenoxy) is 1. The lowest BCUT2D eigenvalue weighted by molar-refractivity contribution is 0.255. The molecule has 0 spiro atoms. The van der Waals surface area contributed by atoms with Gasteiger partial charge in [0.1, 0.15) is 18.0 Å². The molecule has 0 saturated carbocycles. The zero-order valence-electron chi connectivity index (χ0n) is 14.9. The molecule has 1 aliphatic rings. The highest BCUT2D eigenvalue weighted by atomic mass is 16.5. The van der Waals surface area contributed by atoms with Gasteiger partial charge in [0.25, 0.3) is 0 Å². The molecule has 2 amide bonds. The van der Waals surface area contributed by atoms with Crippen molar-refractivity contribution in [3.05, 3.63) is 53.6 Å². The number of nitrogens with one attached hydrogen (secondary N) is 2. The first-order valence-electron chi connectivity index (χ1n) is 8.52. The maximum atomic E-state index is 11.3. The van der Waals surface area contributed by atoms with Gasteiger partial charge in [0.2, 0.25) is 0 Å². The lowest BCUT2D eigenvalue weighted by atomic mass is 9.87. The Morgan fingerprint density at radius 2 is 1.88 bits per heavy atom. The molecule has 0 aliphatic carbocycles. The van der Waals surface area contributed by atoms with E-state index in [2.05, 4.69) is 61.0 Å². The first-order chi connectivity index (χ1) is 11.9. The molecule has 0 aromatic heterocycles. The smallest absolute Gasteiger partial charge is 0.346 e. The molecule has 0 unspecified atom stereocenters. The topological polar surface area (TPSA) is 64.5 Å². The van der Waals surface area contributed by atoms with Crippen LogP contribution in [0.15, 0.2) is 42.5 Å². The van der Waals surface area contributed by atoms with Crippen LogP contribution in [-0.4, -0.2) is 19.2 Å². The minimum absolute atomic E-state index is 0.178. The molecule has 1 aliphatic heterocycles. The normalized spacial score (nSPS) is 13.2. The van der Waals surface area contributed by atoms with Crippen molar-refractivity contribution in [1.29, 1.82) is 0 Å². The molecule has 25 heavy (non-hydrogen) atoms. The lowest BCUT2D eigenvalue weighted by Gasteiger charge is -2.19. The summed E-state index contributed by atoms with van der Waals surface area (Å²) in [5.74, 6) is 0.632. The van der Waals surface area contributed by atoms with E-state index >= 15 is 0 Å². The molecule has 5 nitrogen and oxygen atoms in total. The highest BCUT2D eigenvalue weighted by Gasteiger charge is 2.22. The van der Waals surface area contributed by atoms with Gasteiger partial charge < -0.3 is 15.4 Å². The van der Waals surface area contributed by atoms with Crippen molar-refractivity contribution in [3.8, 4) is 5.75 Å². The maximum absolute atomic E-state index is 11.3. The monoisotopic (exact) mass is 338 g/mol. The number of para-hydroxylation sites is 1. The number of rotatable bonds is 6. The summed E-state index contributed by atoms with van der Waals surface area (Å²) in [6, 6.07) is 13.8. The second kappa shape index (κ2) is 7.15. The molecule has 0 saturated heterocycles. The number of carbonyl (C=O) groups excluding carboxylic acids is 1. The number of hydrogen-bond donors (Lipinski definition) is 2. The molecule has 1 radical (unpaired) electrons. The van der Waals surface area contributed by atoms with Crippen molar-refractivity contribution in [2.45, 2.75) is 32.7 Å². The molecular weight excluding hydrogens is 314 g/mol. The summed E-state index contributed by atoms with van der Waals surface area (Å²) in [6.45, 7) is 8.67. The van der Waals surface area contributed by atoms with Gasteiger partial charge >= 0.3 is 6.03 Å². The van der Waals surface area contributed by atoms with E-state index in [1.54, 1.807) is 0 Å². The second-order valence-corrected chi connectivity index (χ2v) is 7.17. The predicted octanol–water partition coefficient (Wildman–Crippen LogP) is 3.93. The van der Waals surface area contributed by atoms with Crippen molar-refractivity contribution in [2.75, 3.05) is 18.5 Å². The summed E-state index contributed by atoms with van der Waals surface area (Å²) in [6.07, 6.45) is 0. The predicted molar refractivity (Wildman–Crippen MR) is 99.6 cm³/mol. The third kappa shape index (κ3) is 4.31. The fourth-order valence-electron chi connectivity index (χ4n) is 2.69. The highest BCUT2D eigenvalue weighted by molar-refractivity contribution is 6.03. The van der Waals surface area contributed by atoms with E-state index in [1.165, 1.54) is 11.1 Å². The molecule has 2 aromatic carbocycles. The summed E-state index contributed by atoms with van der Waals surface area (Å²) in [5, 5.41) is 9.97. The number of nitrogens with zero attached hydrogens (tertiary/aromatic N) is 1. The Balaban J connectivity index is 1.44. The molecular formula is C20H24N3O2. The Hall–Kier alpha value is -2.53. The van der Waals surface area contributed by atoms with Crippen molar-refractivity contribution in [3.63, 3.8) is 0 Å². The van der Waals surface area contributed by atoms with Crippen LogP contribution in [0.3, 0.4) is 0 Å². The number of fused-ring (bicyclic) bond motifs is 1. The second-order valence-electron chi connectivity index (χ2n) is 7.17. The van der Waals surface area contributed by atoms with Gasteiger partial charge in [0.05, 0.1) is 5.69 Å². The van der Waals surface area contributed by atoms with E-state index in [0.717, 1.165) is 6.54 Å². The number of anilines is 1. The summed E-state index contributed by atoms with van der Waals surface area (Å²) < 4.78 is 5.75. The number of benzene rings is 2. The zero-order valence-corrected chi connectivity index (χ0v) is 14.9. The molecule has 3 rings (SSSR count). The van der Waals surface area contributed by atoms with Gasteiger partial charge in [-0.2, -0.15) is 5.32 Å². The van der Waals surface area contributed by atoms with Crippen molar-refractivity contribution < 1.29 is 9.53 Å². The third-order valence-corrected chi connectivity index (χ3v) is 4.14. The highest BCUT2D eigenvalue weighted by Crippen LogP contribution is 2.36. The van der Waals surface area contributed by atoms with Crippen molar-refractivity contribution in [1.82, 2.24) is 10.6 Å². The molecule has 0 fully saturated rings. The van der Waals surface area contributed by atoms with Crippen LogP contribution in [0.25, 0.3) is 0 Å². The Bertz CT molecular complexity index is 749. The van der Waals surface area contributed by atoms with Gasteiger partial charge in [-0.3, -0.25) is 0 Å². The van der Waals surface area contributed by atoms with E-state index in [0.29, 0.717) is 30.3 Å². The van der Waals surface area contributed by atoms with E-state index in [9.17, 15) is 4.79 Å². The zero-order chi connectivity index (χ0) is 17.9. The van der Waals surface area contributed by atoms with E-state index in [4.69, 9.17) is 4.74 Å². The molecule has 131 valence electrons. The van der Waals surface area contributed by atoms with Crippen LogP contribution < -0.4 is 20.7 Å². The fourth-order valence-corrected chi connectivity index (χ4v) is 2.69. The van der Waals surface area contributed by atoms with Gasteiger partial charge in [-0.05, 0) is 28.7 Å².